The summed E-state index contributed by atoms with van der Waals surface area (Å²) >= 11 is 0. The molecule has 1 aliphatic rings. The van der Waals surface area contributed by atoms with Crippen molar-refractivity contribution in [2.45, 2.75) is 51.0 Å². The van der Waals surface area contributed by atoms with E-state index in [1.54, 1.807) is 0 Å². The van der Waals surface area contributed by atoms with Crippen LogP contribution in [0.2, 0.25) is 0 Å². The van der Waals surface area contributed by atoms with Gasteiger partial charge in [-0.25, -0.2) is 4.79 Å². The Morgan fingerprint density at radius 2 is 1.97 bits per heavy atom. The highest BCUT2D eigenvalue weighted by Gasteiger charge is 2.27. The van der Waals surface area contributed by atoms with Crippen molar-refractivity contribution in [1.82, 2.24) is 20.2 Å². The van der Waals surface area contributed by atoms with E-state index in [0.29, 0.717) is 31.1 Å². The van der Waals surface area contributed by atoms with Crippen molar-refractivity contribution in [2.75, 3.05) is 43.0 Å². The third kappa shape index (κ3) is 7.24. The molecule has 0 fully saturated rings. The summed E-state index contributed by atoms with van der Waals surface area (Å²) in [5, 5.41) is 23.4. The summed E-state index contributed by atoms with van der Waals surface area (Å²) < 4.78 is 0. The predicted molar refractivity (Wildman–Crippen MR) is 114 cm³/mol. The average Bonchev–Trinajstić information content (AvgIpc) is 3.10. The van der Waals surface area contributed by atoms with Crippen LogP contribution in [0.1, 0.15) is 50.5 Å². The van der Waals surface area contributed by atoms with Crippen molar-refractivity contribution in [3.05, 3.63) is 5.56 Å². The van der Waals surface area contributed by atoms with Gasteiger partial charge in [0.15, 0.2) is 0 Å². The quantitative estimate of drug-likeness (QED) is 0.244. The Bertz CT molecular complexity index is 804. The number of carbonyl (C=O) groups excluding carboxylic acids is 1. The smallest absolute Gasteiger partial charge is 0.326 e. The van der Waals surface area contributed by atoms with Crippen LogP contribution in [0.3, 0.4) is 0 Å². The summed E-state index contributed by atoms with van der Waals surface area (Å²) in [6, 6.07) is -1.19. The van der Waals surface area contributed by atoms with Gasteiger partial charge in [0, 0.05) is 30.9 Å². The second-order valence-corrected chi connectivity index (χ2v) is 7.52. The number of carboxylic acid groups (broad SMARTS) is 2. The molecule has 0 bridgehead atoms. The lowest BCUT2D eigenvalue weighted by Gasteiger charge is -2.22. The zero-order chi connectivity index (χ0) is 23.0. The van der Waals surface area contributed by atoms with Crippen LogP contribution in [-0.4, -0.2) is 75.1 Å². The highest BCUT2D eigenvalue weighted by atomic mass is 16.4. The molecule has 0 radical (unpaired) electrons. The van der Waals surface area contributed by atoms with Crippen LogP contribution in [0.5, 0.6) is 0 Å². The van der Waals surface area contributed by atoms with Gasteiger partial charge in [0.05, 0.1) is 0 Å². The van der Waals surface area contributed by atoms with Crippen molar-refractivity contribution in [3.8, 4) is 0 Å². The lowest BCUT2D eigenvalue weighted by atomic mass is 9.99. The van der Waals surface area contributed by atoms with Crippen LogP contribution >= 0.6 is 0 Å². The molecule has 1 aliphatic heterocycles. The van der Waals surface area contributed by atoms with Crippen LogP contribution in [0.4, 0.5) is 17.6 Å². The van der Waals surface area contributed by atoms with E-state index >= 15 is 0 Å². The fourth-order valence-corrected chi connectivity index (χ4v) is 3.63. The van der Waals surface area contributed by atoms with Gasteiger partial charge in [0.2, 0.25) is 11.9 Å². The average molecular weight is 438 g/mol. The number of nitrogens with two attached hydrogens (primary N) is 2. The Morgan fingerprint density at radius 3 is 2.61 bits per heavy atom. The molecule has 2 heterocycles. The Balaban J connectivity index is 1.76. The van der Waals surface area contributed by atoms with Crippen LogP contribution in [0.25, 0.3) is 0 Å². The predicted octanol–water partition coefficient (Wildman–Crippen LogP) is 0.0765. The number of aliphatic carboxylic acids is 2. The molecule has 31 heavy (non-hydrogen) atoms. The van der Waals surface area contributed by atoms with Crippen LogP contribution in [0.15, 0.2) is 0 Å². The molecule has 0 saturated heterocycles. The summed E-state index contributed by atoms with van der Waals surface area (Å²) in [4.78, 5) is 44.3. The summed E-state index contributed by atoms with van der Waals surface area (Å²) in [5.41, 5.74) is 12.5. The third-order valence-corrected chi connectivity index (χ3v) is 5.32. The minimum Gasteiger partial charge on any atom is -0.481 e. The third-order valence-electron chi connectivity index (χ3n) is 5.32. The van der Waals surface area contributed by atoms with Crippen LogP contribution in [-0.2, 0) is 14.4 Å². The second kappa shape index (κ2) is 11.3. The van der Waals surface area contributed by atoms with Gasteiger partial charge in [0.1, 0.15) is 17.7 Å². The van der Waals surface area contributed by atoms with Gasteiger partial charge in [0.25, 0.3) is 0 Å². The molecule has 0 aromatic carbocycles. The normalized spacial score (nSPS) is 15.9. The van der Waals surface area contributed by atoms with E-state index in [9.17, 15) is 14.4 Å². The topological polar surface area (TPSA) is 197 Å². The maximum absolute atomic E-state index is 12.1. The van der Waals surface area contributed by atoms with Crippen molar-refractivity contribution >= 4 is 35.4 Å². The molecule has 1 aromatic rings. The molecular weight excluding hydrogens is 406 g/mol. The number of hydrogen-bond donors (Lipinski definition) is 6. The molecule has 8 N–H and O–H groups in total. The number of nitrogens with one attached hydrogen (secondary N) is 2. The first-order chi connectivity index (χ1) is 14.7. The molecule has 12 heteroatoms. The monoisotopic (exact) mass is 437 g/mol. The van der Waals surface area contributed by atoms with Gasteiger partial charge < -0.3 is 37.2 Å². The first kappa shape index (κ1) is 24.1. The SMILES string of the molecule is CCN(CCCC(=O)N[C@@H](CCC(=O)O)C(=O)O)CCC1CNc2nc(N)nc(N)c21. The van der Waals surface area contributed by atoms with E-state index in [1.807, 2.05) is 6.92 Å². The summed E-state index contributed by atoms with van der Waals surface area (Å²) in [7, 11) is 0. The maximum atomic E-state index is 12.1. The van der Waals surface area contributed by atoms with E-state index in [1.165, 1.54) is 0 Å². The van der Waals surface area contributed by atoms with Crippen molar-refractivity contribution < 1.29 is 24.6 Å². The number of fused-ring (bicyclic) bond motifs is 1. The lowest BCUT2D eigenvalue weighted by molar-refractivity contribution is -0.143. The molecule has 12 nitrogen and oxygen atoms in total. The molecule has 0 saturated carbocycles. The van der Waals surface area contributed by atoms with Crippen LogP contribution in [0, 0.1) is 0 Å². The van der Waals surface area contributed by atoms with Gasteiger partial charge in [-0.05, 0) is 38.9 Å². The molecule has 1 aromatic heterocycles. The number of carbonyl (C=O) groups is 3. The number of nitrogen functional groups attached to an aromatic ring is 2. The zero-order valence-electron chi connectivity index (χ0n) is 17.6. The lowest BCUT2D eigenvalue weighted by Crippen LogP contribution is -2.41. The maximum Gasteiger partial charge on any atom is 0.326 e. The molecule has 1 unspecified atom stereocenters. The highest BCUT2D eigenvalue weighted by Crippen LogP contribution is 2.36. The minimum atomic E-state index is -1.24. The largest absolute Gasteiger partial charge is 0.481 e. The molecular formula is C19H31N7O5. The Kier molecular flexibility index (Phi) is 8.79. The summed E-state index contributed by atoms with van der Waals surface area (Å²) in [6.45, 7) is 5.02. The van der Waals surface area contributed by atoms with Crippen LogP contribution < -0.4 is 22.1 Å². The number of carboxylic acids is 2. The Hall–Kier alpha value is -3.15. The van der Waals surface area contributed by atoms with E-state index in [2.05, 4.69) is 25.5 Å². The zero-order valence-corrected chi connectivity index (χ0v) is 17.6. The molecule has 1 amide bonds. The molecule has 2 atom stereocenters. The van der Waals surface area contributed by atoms with E-state index in [4.69, 9.17) is 21.7 Å². The molecule has 2 rings (SSSR count). The summed E-state index contributed by atoms with van der Waals surface area (Å²) in [6.07, 6.45) is 1.11. The highest BCUT2D eigenvalue weighted by molar-refractivity contribution is 5.83. The van der Waals surface area contributed by atoms with Gasteiger partial charge in [-0.15, -0.1) is 0 Å². The Labute approximate surface area is 180 Å². The standard InChI is InChI=1S/C19H31N7O5/c1-2-26(8-3-4-13(27)23-12(18(30)31)5-6-14(28)29)9-7-11-10-22-17-15(11)16(20)24-19(21)25-17/h11-12H,2-10H2,1H3,(H,23,27)(H,28,29)(H,30,31)(H5,20,21,22,24,25)/t11?,12-/m0/s1. The van der Waals surface area contributed by atoms with Gasteiger partial charge >= 0.3 is 11.9 Å². The van der Waals surface area contributed by atoms with Gasteiger partial charge in [-0.3, -0.25) is 9.59 Å². The first-order valence-corrected chi connectivity index (χ1v) is 10.3. The number of nitrogens with zero attached hydrogens (tertiary/aromatic N) is 3. The number of aromatic nitrogens is 2. The van der Waals surface area contributed by atoms with Crippen molar-refractivity contribution in [1.29, 1.82) is 0 Å². The second-order valence-electron chi connectivity index (χ2n) is 7.52. The number of hydrogen-bond acceptors (Lipinski definition) is 9. The number of rotatable bonds is 13. The van der Waals surface area contributed by atoms with E-state index in [0.717, 1.165) is 25.1 Å². The minimum absolute atomic E-state index is 0.144. The van der Waals surface area contributed by atoms with Crippen molar-refractivity contribution in [2.24, 2.45) is 0 Å². The fourth-order valence-electron chi connectivity index (χ4n) is 3.63. The number of amides is 1. The van der Waals surface area contributed by atoms with E-state index in [-0.39, 0.29) is 31.1 Å². The molecule has 0 spiro atoms. The van der Waals surface area contributed by atoms with E-state index < -0.39 is 23.9 Å². The van der Waals surface area contributed by atoms with Crippen molar-refractivity contribution in [3.63, 3.8) is 0 Å². The first-order valence-electron chi connectivity index (χ1n) is 10.3. The van der Waals surface area contributed by atoms with Gasteiger partial charge in [-0.1, -0.05) is 6.92 Å². The van der Waals surface area contributed by atoms with Gasteiger partial charge in [-0.2, -0.15) is 9.97 Å². The Morgan fingerprint density at radius 1 is 1.23 bits per heavy atom. The molecule has 0 aliphatic carbocycles. The number of anilines is 3. The fraction of sp³-hybridized carbons (Fsp3) is 0.632. The summed E-state index contributed by atoms with van der Waals surface area (Å²) in [5.74, 6) is -1.33. The molecule has 172 valence electrons.